The van der Waals surface area contributed by atoms with E-state index in [1.165, 1.54) is 24.2 Å². The standard InChI is InChI=1S/C9H9N5O4/c1-5(15)8-11-6(4-18-8)3-14-10-2-7(13-14)12-9(16)17/h2,4H,3H2,1H3,(H,12,13)(H,16,17). The Balaban J connectivity index is 2.06. The second kappa shape index (κ2) is 4.65. The summed E-state index contributed by atoms with van der Waals surface area (Å²) in [6.45, 7) is 1.52. The molecule has 2 rings (SSSR count). The Morgan fingerprint density at radius 2 is 2.33 bits per heavy atom. The van der Waals surface area contributed by atoms with Crippen LogP contribution in [0.5, 0.6) is 0 Å². The molecule has 0 atom stereocenters. The normalized spacial score (nSPS) is 10.3. The quantitative estimate of drug-likeness (QED) is 0.762. The summed E-state index contributed by atoms with van der Waals surface area (Å²) in [4.78, 5) is 26.5. The van der Waals surface area contributed by atoms with Crippen molar-refractivity contribution in [3.8, 4) is 0 Å². The highest BCUT2D eigenvalue weighted by atomic mass is 16.4. The van der Waals surface area contributed by atoms with Gasteiger partial charge < -0.3 is 9.52 Å². The predicted octanol–water partition coefficient (Wildman–Crippen LogP) is 0.607. The van der Waals surface area contributed by atoms with Crippen LogP contribution in [0, 0.1) is 0 Å². The molecule has 0 aromatic carbocycles. The largest absolute Gasteiger partial charge is 0.465 e. The molecule has 0 fully saturated rings. The van der Waals surface area contributed by atoms with E-state index in [1.54, 1.807) is 0 Å². The number of carboxylic acid groups (broad SMARTS) is 1. The van der Waals surface area contributed by atoms with Gasteiger partial charge in [-0.05, 0) is 0 Å². The lowest BCUT2D eigenvalue weighted by molar-refractivity contribution is 0.0980. The van der Waals surface area contributed by atoms with Crippen LogP contribution >= 0.6 is 0 Å². The molecule has 0 saturated carbocycles. The van der Waals surface area contributed by atoms with Crippen molar-refractivity contribution in [3.63, 3.8) is 0 Å². The fraction of sp³-hybridized carbons (Fsp3) is 0.222. The van der Waals surface area contributed by atoms with Crippen molar-refractivity contribution in [3.05, 3.63) is 24.0 Å². The zero-order chi connectivity index (χ0) is 13.1. The van der Waals surface area contributed by atoms with Gasteiger partial charge in [-0.2, -0.15) is 9.90 Å². The number of anilines is 1. The molecule has 2 aromatic heterocycles. The van der Waals surface area contributed by atoms with E-state index >= 15 is 0 Å². The molecule has 9 nitrogen and oxygen atoms in total. The number of carbonyl (C=O) groups excluding carboxylic acids is 1. The molecule has 0 spiro atoms. The van der Waals surface area contributed by atoms with Gasteiger partial charge in [0.25, 0.3) is 5.89 Å². The van der Waals surface area contributed by atoms with Gasteiger partial charge in [-0.15, -0.1) is 5.10 Å². The van der Waals surface area contributed by atoms with E-state index in [0.29, 0.717) is 5.69 Å². The van der Waals surface area contributed by atoms with Crippen LogP contribution in [0.2, 0.25) is 0 Å². The lowest BCUT2D eigenvalue weighted by Crippen LogP contribution is -2.09. The van der Waals surface area contributed by atoms with Crippen molar-refractivity contribution in [2.45, 2.75) is 13.5 Å². The molecule has 9 heteroatoms. The van der Waals surface area contributed by atoms with Gasteiger partial charge in [0.15, 0.2) is 5.82 Å². The van der Waals surface area contributed by atoms with Crippen LogP contribution < -0.4 is 5.32 Å². The zero-order valence-corrected chi connectivity index (χ0v) is 9.32. The zero-order valence-electron chi connectivity index (χ0n) is 9.32. The lowest BCUT2D eigenvalue weighted by Gasteiger charge is -1.94. The van der Waals surface area contributed by atoms with Crippen molar-refractivity contribution in [1.82, 2.24) is 20.0 Å². The fourth-order valence-corrected chi connectivity index (χ4v) is 1.23. The number of ketones is 1. The summed E-state index contributed by atoms with van der Waals surface area (Å²) in [5, 5.41) is 18.2. The molecular weight excluding hydrogens is 242 g/mol. The molecule has 18 heavy (non-hydrogen) atoms. The highest BCUT2D eigenvalue weighted by Crippen LogP contribution is 2.05. The van der Waals surface area contributed by atoms with Crippen molar-refractivity contribution in [1.29, 1.82) is 0 Å². The number of Topliss-reactive ketones (excluding diaryl/α,β-unsaturated/α-hetero) is 1. The van der Waals surface area contributed by atoms with Gasteiger partial charge >= 0.3 is 6.09 Å². The number of hydrogen-bond acceptors (Lipinski definition) is 6. The van der Waals surface area contributed by atoms with Crippen LogP contribution in [0.25, 0.3) is 0 Å². The van der Waals surface area contributed by atoms with Crippen LogP contribution in [-0.2, 0) is 6.54 Å². The van der Waals surface area contributed by atoms with E-state index in [-0.39, 0.29) is 24.0 Å². The molecule has 0 aliphatic heterocycles. The molecular formula is C9H9N5O4. The molecule has 0 bridgehead atoms. The van der Waals surface area contributed by atoms with Crippen molar-refractivity contribution < 1.29 is 19.1 Å². The molecule has 2 aromatic rings. The van der Waals surface area contributed by atoms with E-state index in [2.05, 4.69) is 20.5 Å². The van der Waals surface area contributed by atoms with Crippen LogP contribution in [-0.4, -0.2) is 37.0 Å². The maximum Gasteiger partial charge on any atom is 0.410 e. The number of amides is 1. The molecule has 2 N–H and O–H groups in total. The first-order chi connectivity index (χ1) is 8.54. The molecule has 0 saturated heterocycles. The summed E-state index contributed by atoms with van der Waals surface area (Å²) in [7, 11) is 0. The van der Waals surface area contributed by atoms with Crippen molar-refractivity contribution >= 4 is 17.7 Å². The highest BCUT2D eigenvalue weighted by molar-refractivity contribution is 5.89. The number of rotatable bonds is 4. The summed E-state index contributed by atoms with van der Waals surface area (Å²) in [5.74, 6) is -0.151. The van der Waals surface area contributed by atoms with E-state index in [4.69, 9.17) is 9.52 Å². The van der Waals surface area contributed by atoms with E-state index in [0.717, 1.165) is 0 Å². The third-order valence-electron chi connectivity index (χ3n) is 1.93. The van der Waals surface area contributed by atoms with Crippen molar-refractivity contribution in [2.75, 3.05) is 5.32 Å². The first-order valence-corrected chi connectivity index (χ1v) is 4.90. The molecule has 1 amide bonds. The molecule has 0 aliphatic rings. The Morgan fingerprint density at radius 1 is 1.56 bits per heavy atom. The second-order valence-electron chi connectivity index (χ2n) is 3.39. The fourth-order valence-electron chi connectivity index (χ4n) is 1.23. The van der Waals surface area contributed by atoms with Crippen LogP contribution in [0.1, 0.15) is 23.3 Å². The lowest BCUT2D eigenvalue weighted by atomic mass is 10.4. The number of carbonyl (C=O) groups is 2. The number of nitrogens with one attached hydrogen (secondary N) is 1. The van der Waals surface area contributed by atoms with Crippen LogP contribution in [0.15, 0.2) is 16.9 Å². The Kier molecular flexibility index (Phi) is 3.04. The maximum atomic E-state index is 11.0. The van der Waals surface area contributed by atoms with Gasteiger partial charge in [0.1, 0.15) is 18.5 Å². The SMILES string of the molecule is CC(=O)c1nc(Cn2ncc(NC(=O)O)n2)co1. The minimum atomic E-state index is -1.22. The Bertz CT molecular complexity index is 587. The number of aromatic nitrogens is 4. The van der Waals surface area contributed by atoms with Crippen molar-refractivity contribution in [2.24, 2.45) is 0 Å². The third kappa shape index (κ3) is 2.70. The minimum Gasteiger partial charge on any atom is -0.465 e. The van der Waals surface area contributed by atoms with E-state index in [1.807, 2.05) is 0 Å². The van der Waals surface area contributed by atoms with Crippen LogP contribution in [0.3, 0.4) is 0 Å². The first-order valence-electron chi connectivity index (χ1n) is 4.90. The average molecular weight is 251 g/mol. The van der Waals surface area contributed by atoms with Gasteiger partial charge in [0.05, 0.1) is 6.20 Å². The Hall–Kier alpha value is -2.71. The molecule has 0 radical (unpaired) electrons. The van der Waals surface area contributed by atoms with Gasteiger partial charge in [0, 0.05) is 6.92 Å². The molecule has 0 unspecified atom stereocenters. The Morgan fingerprint density at radius 3 is 2.94 bits per heavy atom. The topological polar surface area (TPSA) is 123 Å². The second-order valence-corrected chi connectivity index (χ2v) is 3.39. The predicted molar refractivity (Wildman–Crippen MR) is 57.3 cm³/mol. The summed E-state index contributed by atoms with van der Waals surface area (Å²) < 4.78 is 4.93. The Labute approximate surface area is 100 Å². The van der Waals surface area contributed by atoms with Gasteiger partial charge in [-0.1, -0.05) is 0 Å². The maximum absolute atomic E-state index is 11.0. The third-order valence-corrected chi connectivity index (χ3v) is 1.93. The molecule has 0 aliphatic carbocycles. The van der Waals surface area contributed by atoms with Gasteiger partial charge in [-0.3, -0.25) is 10.1 Å². The van der Waals surface area contributed by atoms with Gasteiger partial charge in [-0.25, -0.2) is 9.78 Å². The summed E-state index contributed by atoms with van der Waals surface area (Å²) in [6.07, 6.45) is 1.37. The molecule has 94 valence electrons. The minimum absolute atomic E-state index is 0.0149. The monoisotopic (exact) mass is 251 g/mol. The van der Waals surface area contributed by atoms with Crippen LogP contribution in [0.4, 0.5) is 10.6 Å². The van der Waals surface area contributed by atoms with E-state index < -0.39 is 6.09 Å². The number of hydrogen-bond donors (Lipinski definition) is 2. The number of oxazole rings is 1. The highest BCUT2D eigenvalue weighted by Gasteiger charge is 2.10. The number of nitrogens with zero attached hydrogens (tertiary/aromatic N) is 4. The molecule has 2 heterocycles. The summed E-state index contributed by atoms with van der Waals surface area (Å²) in [6, 6.07) is 0. The van der Waals surface area contributed by atoms with Gasteiger partial charge in [0.2, 0.25) is 5.78 Å². The summed E-state index contributed by atoms with van der Waals surface area (Å²) >= 11 is 0. The smallest absolute Gasteiger partial charge is 0.410 e. The first kappa shape index (κ1) is 11.8. The van der Waals surface area contributed by atoms with E-state index in [9.17, 15) is 9.59 Å². The summed E-state index contributed by atoms with van der Waals surface area (Å²) in [5.41, 5.74) is 0.470. The average Bonchev–Trinajstić information content (AvgIpc) is 2.88.